The topological polar surface area (TPSA) is 43.6 Å². The van der Waals surface area contributed by atoms with E-state index in [0.29, 0.717) is 10.2 Å². The van der Waals surface area contributed by atoms with Gasteiger partial charge in [0, 0.05) is 6.07 Å². The number of aromatic nitrogens is 4. The maximum atomic E-state index is 13.0. The van der Waals surface area contributed by atoms with Crippen LogP contribution in [0.25, 0.3) is 5.69 Å². The van der Waals surface area contributed by atoms with E-state index < -0.39 is 0 Å². The summed E-state index contributed by atoms with van der Waals surface area (Å²) in [6, 6.07) is 4.66. The summed E-state index contributed by atoms with van der Waals surface area (Å²) in [5.74, 6) is -0.340. The molecule has 0 unspecified atom stereocenters. The number of hydrogen-bond donors (Lipinski definition) is 0. The molecule has 4 nitrogen and oxygen atoms in total. The first-order chi connectivity index (χ1) is 6.27. The van der Waals surface area contributed by atoms with Crippen molar-refractivity contribution < 1.29 is 4.39 Å². The first kappa shape index (κ1) is 8.31. The van der Waals surface area contributed by atoms with Gasteiger partial charge in [0.1, 0.15) is 12.1 Å². The molecule has 0 aliphatic heterocycles. The summed E-state index contributed by atoms with van der Waals surface area (Å²) in [7, 11) is 0. The molecule has 0 aliphatic rings. The minimum absolute atomic E-state index is 0.340. The first-order valence-electron chi connectivity index (χ1n) is 3.46. The smallest absolute Gasteiger partial charge is 0.143 e. The molecule has 1 aromatic carbocycles. The van der Waals surface area contributed by atoms with Crippen LogP contribution in [0.2, 0.25) is 0 Å². The number of benzene rings is 1. The van der Waals surface area contributed by atoms with Gasteiger partial charge < -0.3 is 0 Å². The third kappa shape index (κ3) is 1.57. The van der Waals surface area contributed by atoms with E-state index in [1.165, 1.54) is 17.1 Å². The molecule has 0 radical (unpaired) electrons. The van der Waals surface area contributed by atoms with Gasteiger partial charge in [0.25, 0.3) is 0 Å². The number of tetrazole rings is 1. The fourth-order valence-electron chi connectivity index (χ4n) is 0.907. The van der Waals surface area contributed by atoms with Gasteiger partial charge in [-0.15, -0.1) is 5.10 Å². The van der Waals surface area contributed by atoms with E-state index in [2.05, 4.69) is 31.5 Å². The lowest BCUT2D eigenvalue weighted by molar-refractivity contribution is 0.618. The monoisotopic (exact) mass is 242 g/mol. The molecule has 0 N–H and O–H groups in total. The Kier molecular flexibility index (Phi) is 2.05. The zero-order valence-electron chi connectivity index (χ0n) is 6.35. The Bertz CT molecular complexity index is 414. The normalized spacial score (nSPS) is 10.3. The average molecular weight is 243 g/mol. The van der Waals surface area contributed by atoms with Gasteiger partial charge in [0.2, 0.25) is 0 Å². The summed E-state index contributed by atoms with van der Waals surface area (Å²) >= 11 is 3.06. The fourth-order valence-corrected chi connectivity index (χ4v) is 1.15. The van der Waals surface area contributed by atoms with Crippen LogP contribution in [0.1, 0.15) is 0 Å². The van der Waals surface area contributed by atoms with Crippen molar-refractivity contribution in [2.75, 3.05) is 0 Å². The first-order valence-corrected chi connectivity index (χ1v) is 4.25. The molecule has 6 heteroatoms. The molecular formula is C7H4BrFN4. The van der Waals surface area contributed by atoms with Gasteiger partial charge in [0.05, 0.1) is 10.2 Å². The summed E-state index contributed by atoms with van der Waals surface area (Å²) in [5.41, 5.74) is 0.589. The Morgan fingerprint density at radius 1 is 1.38 bits per heavy atom. The highest BCUT2D eigenvalue weighted by Crippen LogP contribution is 2.17. The molecule has 0 aliphatic carbocycles. The van der Waals surface area contributed by atoms with Crippen molar-refractivity contribution in [1.29, 1.82) is 0 Å². The van der Waals surface area contributed by atoms with E-state index in [4.69, 9.17) is 0 Å². The molecular weight excluding hydrogens is 239 g/mol. The van der Waals surface area contributed by atoms with E-state index in [1.807, 2.05) is 0 Å². The third-order valence-electron chi connectivity index (χ3n) is 1.52. The zero-order chi connectivity index (χ0) is 9.26. The Balaban J connectivity index is 2.49. The quantitative estimate of drug-likeness (QED) is 0.763. The molecule has 13 heavy (non-hydrogen) atoms. The van der Waals surface area contributed by atoms with Crippen molar-refractivity contribution in [2.24, 2.45) is 0 Å². The summed E-state index contributed by atoms with van der Waals surface area (Å²) in [5, 5.41) is 10.5. The lowest BCUT2D eigenvalue weighted by Crippen LogP contribution is -1.95. The highest BCUT2D eigenvalue weighted by molar-refractivity contribution is 9.10. The van der Waals surface area contributed by atoms with Crippen LogP contribution in [0.3, 0.4) is 0 Å². The van der Waals surface area contributed by atoms with Crippen LogP contribution < -0.4 is 0 Å². The van der Waals surface area contributed by atoms with Crippen molar-refractivity contribution in [1.82, 2.24) is 20.2 Å². The van der Waals surface area contributed by atoms with Gasteiger partial charge in [-0.25, -0.2) is 9.07 Å². The molecule has 1 aromatic heterocycles. The van der Waals surface area contributed by atoms with Crippen LogP contribution in [0.5, 0.6) is 0 Å². The summed E-state index contributed by atoms with van der Waals surface area (Å²) < 4.78 is 14.8. The number of nitrogens with zero attached hydrogens (tertiary/aromatic N) is 4. The molecule has 0 saturated heterocycles. The molecule has 2 aromatic rings. The maximum absolute atomic E-state index is 13.0. The minimum Gasteiger partial charge on any atom is -0.206 e. The van der Waals surface area contributed by atoms with Gasteiger partial charge in [-0.3, -0.25) is 0 Å². The molecule has 0 spiro atoms. The number of rotatable bonds is 1. The van der Waals surface area contributed by atoms with Crippen molar-refractivity contribution in [3.63, 3.8) is 0 Å². The van der Waals surface area contributed by atoms with Gasteiger partial charge in [-0.05, 0) is 38.5 Å². The van der Waals surface area contributed by atoms with Gasteiger partial charge in [0.15, 0.2) is 0 Å². The largest absolute Gasteiger partial charge is 0.206 e. The second-order valence-corrected chi connectivity index (χ2v) is 3.21. The summed E-state index contributed by atoms with van der Waals surface area (Å²) in [6.45, 7) is 0. The molecule has 2 rings (SSSR count). The second-order valence-electron chi connectivity index (χ2n) is 2.35. The van der Waals surface area contributed by atoms with E-state index in [9.17, 15) is 4.39 Å². The molecule has 0 amide bonds. The van der Waals surface area contributed by atoms with E-state index in [1.54, 1.807) is 12.1 Å². The van der Waals surface area contributed by atoms with Crippen LogP contribution >= 0.6 is 15.9 Å². The molecule has 0 bridgehead atoms. The number of halogens is 2. The van der Waals surface area contributed by atoms with Crippen molar-refractivity contribution in [3.8, 4) is 5.69 Å². The minimum atomic E-state index is -0.340. The lowest BCUT2D eigenvalue weighted by atomic mass is 10.3. The highest BCUT2D eigenvalue weighted by atomic mass is 79.9. The Hall–Kier alpha value is -1.30. The fraction of sp³-hybridized carbons (Fsp3) is 0. The SMILES string of the molecule is Fc1cc(-n2cnnn2)ccc1Br. The third-order valence-corrected chi connectivity index (χ3v) is 2.16. The molecule has 0 fully saturated rings. The van der Waals surface area contributed by atoms with Gasteiger partial charge >= 0.3 is 0 Å². The van der Waals surface area contributed by atoms with Crippen LogP contribution in [0.15, 0.2) is 29.0 Å². The summed E-state index contributed by atoms with van der Waals surface area (Å²) in [4.78, 5) is 0. The second kappa shape index (κ2) is 3.21. The molecule has 0 saturated carbocycles. The summed E-state index contributed by atoms with van der Waals surface area (Å²) in [6.07, 6.45) is 1.41. The molecule has 66 valence electrons. The van der Waals surface area contributed by atoms with E-state index >= 15 is 0 Å². The van der Waals surface area contributed by atoms with Crippen molar-refractivity contribution in [3.05, 3.63) is 34.8 Å². The van der Waals surface area contributed by atoms with Crippen LogP contribution in [-0.2, 0) is 0 Å². The van der Waals surface area contributed by atoms with Crippen molar-refractivity contribution in [2.45, 2.75) is 0 Å². The van der Waals surface area contributed by atoms with Gasteiger partial charge in [-0.2, -0.15) is 0 Å². The average Bonchev–Trinajstić information content (AvgIpc) is 2.62. The van der Waals surface area contributed by atoms with E-state index in [0.717, 1.165) is 0 Å². The number of hydrogen-bond acceptors (Lipinski definition) is 3. The lowest BCUT2D eigenvalue weighted by Gasteiger charge is -1.99. The predicted octanol–water partition coefficient (Wildman–Crippen LogP) is 1.56. The van der Waals surface area contributed by atoms with E-state index in [-0.39, 0.29) is 5.82 Å². The molecule has 1 heterocycles. The standard InChI is InChI=1S/C7H4BrFN4/c8-6-2-1-5(3-7(6)9)13-4-10-11-12-13/h1-4H. The zero-order valence-corrected chi connectivity index (χ0v) is 7.94. The van der Waals surface area contributed by atoms with Crippen LogP contribution in [0.4, 0.5) is 4.39 Å². The Morgan fingerprint density at radius 2 is 2.23 bits per heavy atom. The highest BCUT2D eigenvalue weighted by Gasteiger charge is 2.02. The Labute approximate surface area is 81.5 Å². The maximum Gasteiger partial charge on any atom is 0.143 e. The predicted molar refractivity (Wildman–Crippen MR) is 46.8 cm³/mol. The van der Waals surface area contributed by atoms with Gasteiger partial charge in [-0.1, -0.05) is 0 Å². The Morgan fingerprint density at radius 3 is 2.85 bits per heavy atom. The van der Waals surface area contributed by atoms with Crippen molar-refractivity contribution >= 4 is 15.9 Å². The van der Waals surface area contributed by atoms with Crippen LogP contribution in [-0.4, -0.2) is 20.2 Å². The molecule has 0 atom stereocenters. The van der Waals surface area contributed by atoms with Crippen LogP contribution in [0, 0.1) is 5.82 Å².